The summed E-state index contributed by atoms with van der Waals surface area (Å²) in [7, 11) is -17.7. The van der Waals surface area contributed by atoms with Crippen molar-refractivity contribution in [2.45, 2.75) is 54.9 Å². The number of nitrogen functional groups attached to an aromatic ring is 1. The summed E-state index contributed by atoms with van der Waals surface area (Å²) in [6, 6.07) is 0. The summed E-state index contributed by atoms with van der Waals surface area (Å²) in [4.78, 5) is 102. The molecule has 0 radical (unpaired) electrons. The van der Waals surface area contributed by atoms with Crippen LogP contribution in [0.5, 0.6) is 0 Å². The molecule has 3 fully saturated rings. The van der Waals surface area contributed by atoms with Crippen LogP contribution in [0.25, 0.3) is 11.2 Å². The predicted molar refractivity (Wildman–Crippen MR) is 168 cm³/mol. The Morgan fingerprint density at radius 2 is 1.66 bits per heavy atom. The van der Waals surface area contributed by atoms with Crippen LogP contribution in [-0.2, 0) is 69.7 Å². The summed E-state index contributed by atoms with van der Waals surface area (Å²) in [5.41, 5.74) is 10.6. The molecule has 306 valence electrons. The molecule has 0 bridgehead atoms. The second-order valence-electron chi connectivity index (χ2n) is 11.9. The zero-order valence-electron chi connectivity index (χ0n) is 27.5. The summed E-state index contributed by atoms with van der Waals surface area (Å²) in [6.07, 6.45) is -5.71. The Hall–Kier alpha value is -4.12. The molecule has 2 aromatic heterocycles. The van der Waals surface area contributed by atoms with Gasteiger partial charge in [0, 0.05) is 18.0 Å². The van der Waals surface area contributed by atoms with Crippen molar-refractivity contribution in [2.24, 2.45) is 5.73 Å². The van der Waals surface area contributed by atoms with Gasteiger partial charge in [0.15, 0.2) is 30.0 Å². The summed E-state index contributed by atoms with van der Waals surface area (Å²) in [6.45, 7) is -3.06. The number of hydrogen-bond acceptors (Lipinski definition) is 23. The lowest BCUT2D eigenvalue weighted by molar-refractivity contribution is -0.350. The largest absolute Gasteiger partial charge is 0.481 e. The van der Waals surface area contributed by atoms with E-state index in [4.69, 9.17) is 30.4 Å². The van der Waals surface area contributed by atoms with Gasteiger partial charge in [0.25, 0.3) is 0 Å². The number of amides is 1. The highest BCUT2D eigenvalue weighted by atomic mass is 31.3. The number of aromatic nitrogens is 4. The lowest BCUT2D eigenvalue weighted by Crippen LogP contribution is -2.62. The standard InChI is InChI=1S/C24H28N7O22P3/c25-16-11-18(28-7-27-16)31(8-29-11)20-15(52-54(39,40)41)24(38)23(49-20,50-21(36)14(34)22(37)51-24)6-47-56(44,45)53-55(42,43)46-5-10-12(32)13(33)19(48-10)30-3-1-2-9(4-30)17(26)35/h1,3-4,7-8,10,12-13,15,19-20,32-33,38H,2,5-6H2,(H2,26,35)(H,42,43)(H,44,45)(H2,25,27,28)(H2,39,40,41)/t10-,12-,13-,15-,19-,20-,23-,24-/m1/s1. The summed E-state index contributed by atoms with van der Waals surface area (Å²) in [5, 5.41) is 32.7. The molecule has 56 heavy (non-hydrogen) atoms. The minimum Gasteiger partial charge on any atom is -0.417 e. The fraction of sp³-hybridized carbons (Fsp3) is 0.458. The Labute approximate surface area is 309 Å². The van der Waals surface area contributed by atoms with Crippen molar-refractivity contribution in [1.29, 1.82) is 0 Å². The fourth-order valence-electron chi connectivity index (χ4n) is 5.67. The van der Waals surface area contributed by atoms with Gasteiger partial charge in [0.2, 0.25) is 5.91 Å². The predicted octanol–water partition coefficient (Wildman–Crippen LogP) is -4.24. The summed E-state index contributed by atoms with van der Waals surface area (Å²) >= 11 is 0. The first-order valence-corrected chi connectivity index (χ1v) is 19.7. The molecule has 2 aromatic rings. The second-order valence-corrected chi connectivity index (χ2v) is 16.1. The van der Waals surface area contributed by atoms with Gasteiger partial charge in [0.05, 0.1) is 12.9 Å². The van der Waals surface area contributed by atoms with Crippen molar-refractivity contribution in [1.82, 2.24) is 24.4 Å². The van der Waals surface area contributed by atoms with E-state index in [0.29, 0.717) is 0 Å². The van der Waals surface area contributed by atoms with E-state index in [-0.39, 0.29) is 29.0 Å². The molecule has 0 aliphatic carbocycles. The number of ketones is 1. The highest BCUT2D eigenvalue weighted by Crippen LogP contribution is 2.62. The SMILES string of the molecule is NC(=O)C1=CN([C@@H]2O[C@H](COP(=O)(O)OP(=O)(O)OC[C@@]34OC(=O)C(=O)C(=O)O[C@]3(O)[C@H](OP(=O)(O)O)[C@H](n3cnc5c(N)ncnc53)O4)[C@@H](O)[C@H]2O)C=CC1. The van der Waals surface area contributed by atoms with Crippen LogP contribution in [0, 0.1) is 0 Å². The van der Waals surface area contributed by atoms with Gasteiger partial charge in [-0.3, -0.25) is 27.7 Å². The number of rotatable bonds is 13. The molecule has 32 heteroatoms. The monoisotopic (exact) mass is 859 g/mol. The molecule has 4 aliphatic rings. The first-order chi connectivity index (χ1) is 26.0. The van der Waals surface area contributed by atoms with Crippen LogP contribution in [0.2, 0.25) is 0 Å². The number of nitrogens with zero attached hydrogens (tertiary/aromatic N) is 5. The van der Waals surface area contributed by atoms with Crippen LogP contribution in [0.3, 0.4) is 0 Å². The van der Waals surface area contributed by atoms with Gasteiger partial charge in [-0.2, -0.15) is 4.31 Å². The van der Waals surface area contributed by atoms with E-state index < -0.39 is 109 Å². The van der Waals surface area contributed by atoms with Crippen molar-refractivity contribution in [3.8, 4) is 0 Å². The van der Waals surface area contributed by atoms with Gasteiger partial charge in [-0.25, -0.2) is 38.2 Å². The van der Waals surface area contributed by atoms with E-state index in [1.807, 2.05) is 0 Å². The zero-order chi connectivity index (χ0) is 41.2. The van der Waals surface area contributed by atoms with E-state index >= 15 is 0 Å². The molecule has 2 unspecified atom stereocenters. The number of nitrogens with two attached hydrogens (primary N) is 2. The molecule has 6 heterocycles. The van der Waals surface area contributed by atoms with E-state index in [1.165, 1.54) is 18.5 Å². The first-order valence-electron chi connectivity index (χ1n) is 15.2. The number of allylic oxidation sites excluding steroid dienone is 1. The Bertz CT molecular complexity index is 2180. The Morgan fingerprint density at radius 3 is 2.34 bits per heavy atom. The number of phosphoric ester groups is 3. The van der Waals surface area contributed by atoms with E-state index in [2.05, 4.69) is 32.8 Å². The number of aliphatic hydroxyl groups is 3. The molecular weight excluding hydrogens is 831 g/mol. The van der Waals surface area contributed by atoms with Gasteiger partial charge < -0.3 is 70.2 Å². The third kappa shape index (κ3) is 7.89. The Balaban J connectivity index is 1.23. The molecular formula is C24H28N7O22P3. The third-order valence-electron chi connectivity index (χ3n) is 8.18. The van der Waals surface area contributed by atoms with Crippen molar-refractivity contribution >= 4 is 64.1 Å². The highest BCUT2D eigenvalue weighted by molar-refractivity contribution is 7.61. The molecule has 0 saturated carbocycles. The number of Topliss-reactive ketones (excluding diaryl/α,β-unsaturated/α-hetero) is 1. The van der Waals surface area contributed by atoms with E-state index in [0.717, 1.165) is 22.1 Å². The van der Waals surface area contributed by atoms with Crippen LogP contribution in [0.15, 0.2) is 36.7 Å². The first kappa shape index (κ1) is 41.5. The number of carbonyl (C=O) groups excluding carboxylic acids is 4. The highest BCUT2D eigenvalue weighted by Gasteiger charge is 2.76. The summed E-state index contributed by atoms with van der Waals surface area (Å²) < 4.78 is 77.3. The van der Waals surface area contributed by atoms with Crippen molar-refractivity contribution in [3.63, 3.8) is 0 Å². The van der Waals surface area contributed by atoms with Gasteiger partial charge in [-0.15, -0.1) is 0 Å². The van der Waals surface area contributed by atoms with Gasteiger partial charge in [0.1, 0.15) is 36.8 Å². The minimum absolute atomic E-state index is 0.101. The molecule has 0 aromatic carbocycles. The number of aliphatic hydroxyl groups excluding tert-OH is 2. The number of hydrogen-bond donors (Lipinski definition) is 9. The van der Waals surface area contributed by atoms with Crippen LogP contribution in [-0.4, -0.2) is 138 Å². The van der Waals surface area contributed by atoms with Crippen molar-refractivity contribution in [2.75, 3.05) is 18.9 Å². The van der Waals surface area contributed by atoms with Gasteiger partial charge >= 0.3 is 52.8 Å². The fourth-order valence-corrected chi connectivity index (χ4v) is 8.30. The third-order valence-corrected chi connectivity index (χ3v) is 11.3. The van der Waals surface area contributed by atoms with Crippen molar-refractivity contribution in [3.05, 3.63) is 36.7 Å². The number of anilines is 1. The van der Waals surface area contributed by atoms with Crippen LogP contribution in [0.1, 0.15) is 12.6 Å². The average Bonchev–Trinajstić information content (AvgIpc) is 3.71. The quantitative estimate of drug-likeness (QED) is 0.0523. The Morgan fingerprint density at radius 1 is 0.982 bits per heavy atom. The smallest absolute Gasteiger partial charge is 0.417 e. The number of primary amides is 1. The topological polar surface area (TPSA) is 434 Å². The molecule has 10 atom stereocenters. The summed E-state index contributed by atoms with van der Waals surface area (Å²) in [5.74, 6) is -15.1. The number of ether oxygens (including phenoxy) is 4. The van der Waals surface area contributed by atoms with Gasteiger partial charge in [-0.1, -0.05) is 6.08 Å². The van der Waals surface area contributed by atoms with E-state index in [9.17, 15) is 67.8 Å². The maximum atomic E-state index is 13.0. The van der Waals surface area contributed by atoms with Crippen LogP contribution >= 0.6 is 23.5 Å². The Kier molecular flexibility index (Phi) is 10.9. The van der Waals surface area contributed by atoms with Crippen molar-refractivity contribution < 1.29 is 105 Å². The molecule has 4 aliphatic heterocycles. The number of phosphoric acid groups is 3. The number of carbonyl (C=O) groups is 4. The molecule has 11 N–H and O–H groups in total. The second kappa shape index (κ2) is 14.7. The molecule has 0 spiro atoms. The number of esters is 2. The lowest BCUT2D eigenvalue weighted by atomic mass is 10.0. The molecule has 1 amide bonds. The van der Waals surface area contributed by atoms with Crippen LogP contribution in [0.4, 0.5) is 5.82 Å². The molecule has 29 nitrogen and oxygen atoms in total. The number of imidazole rings is 1. The maximum absolute atomic E-state index is 13.0. The van der Waals surface area contributed by atoms with Gasteiger partial charge in [-0.05, 0) is 6.42 Å². The average molecular weight is 859 g/mol. The maximum Gasteiger partial charge on any atom is 0.481 e. The molecule has 6 rings (SSSR count). The molecule has 3 saturated heterocycles. The van der Waals surface area contributed by atoms with Crippen LogP contribution < -0.4 is 11.5 Å². The van der Waals surface area contributed by atoms with E-state index in [1.54, 1.807) is 0 Å². The normalized spacial score (nSPS) is 32.9. The zero-order valence-corrected chi connectivity index (χ0v) is 30.1. The lowest BCUT2D eigenvalue weighted by Gasteiger charge is -2.37. The number of fused-ring (bicyclic) bond motifs is 2. The minimum atomic E-state index is -6.07.